The quantitative estimate of drug-likeness (QED) is 0.477. The van der Waals surface area contributed by atoms with Crippen molar-refractivity contribution in [2.24, 2.45) is 0 Å². The molecule has 3 aromatic carbocycles. The van der Waals surface area contributed by atoms with Crippen molar-refractivity contribution in [1.29, 1.82) is 0 Å². The van der Waals surface area contributed by atoms with E-state index in [-0.39, 0.29) is 17.7 Å². The lowest BCUT2D eigenvalue weighted by molar-refractivity contribution is -0.123. The maximum Gasteiger partial charge on any atom is 0.293 e. The fourth-order valence-electron chi connectivity index (χ4n) is 3.06. The molecule has 0 spiro atoms. The second-order valence-electron chi connectivity index (χ2n) is 7.10. The lowest BCUT2D eigenvalue weighted by Gasteiger charge is -2.12. The van der Waals surface area contributed by atoms with Gasteiger partial charge >= 0.3 is 0 Å². The minimum Gasteiger partial charge on any atom is -0.489 e. The largest absolute Gasteiger partial charge is 0.489 e. The Morgan fingerprint density at radius 2 is 1.57 bits per heavy atom. The molecule has 0 saturated carbocycles. The number of hydrogen-bond acceptors (Lipinski definition) is 4. The van der Waals surface area contributed by atoms with Crippen molar-refractivity contribution in [1.82, 2.24) is 4.90 Å². The van der Waals surface area contributed by atoms with Crippen LogP contribution >= 0.6 is 11.8 Å². The number of nitrogens with zero attached hydrogens (tertiary/aromatic N) is 1. The van der Waals surface area contributed by atoms with Crippen LogP contribution in [0.5, 0.6) is 5.75 Å². The Bertz CT molecular complexity index is 1070. The summed E-state index contributed by atoms with van der Waals surface area (Å²) >= 11 is 0.978. The Morgan fingerprint density at radius 3 is 2.27 bits per heavy atom. The molecule has 3 aromatic rings. The molecule has 4 nitrogen and oxygen atoms in total. The van der Waals surface area contributed by atoms with Gasteiger partial charge < -0.3 is 4.74 Å². The Morgan fingerprint density at radius 1 is 0.867 bits per heavy atom. The number of benzene rings is 3. The van der Waals surface area contributed by atoms with Crippen molar-refractivity contribution in [3.63, 3.8) is 0 Å². The SMILES string of the molecule is Cc1ccc(CN2C(=O)S/C(=C\c3ccc(OCc4ccccc4)cc3)C2=O)cc1. The smallest absolute Gasteiger partial charge is 0.293 e. The van der Waals surface area contributed by atoms with E-state index in [2.05, 4.69) is 0 Å². The van der Waals surface area contributed by atoms with Gasteiger partial charge in [-0.25, -0.2) is 0 Å². The van der Waals surface area contributed by atoms with Gasteiger partial charge in [-0.3, -0.25) is 14.5 Å². The van der Waals surface area contributed by atoms with E-state index in [1.54, 1.807) is 6.08 Å². The highest BCUT2D eigenvalue weighted by Crippen LogP contribution is 2.33. The van der Waals surface area contributed by atoms with Crippen molar-refractivity contribution in [2.75, 3.05) is 0 Å². The lowest BCUT2D eigenvalue weighted by Crippen LogP contribution is -2.27. The summed E-state index contributed by atoms with van der Waals surface area (Å²) in [5.41, 5.74) is 4.03. The molecule has 1 aliphatic heterocycles. The number of carbonyl (C=O) groups excluding carboxylic acids is 2. The van der Waals surface area contributed by atoms with Crippen molar-refractivity contribution in [3.8, 4) is 5.75 Å². The summed E-state index contributed by atoms with van der Waals surface area (Å²) < 4.78 is 5.79. The minimum atomic E-state index is -0.255. The van der Waals surface area contributed by atoms with Crippen LogP contribution in [0.25, 0.3) is 6.08 Å². The molecule has 0 bridgehead atoms. The summed E-state index contributed by atoms with van der Waals surface area (Å²) in [6, 6.07) is 25.3. The Balaban J connectivity index is 1.41. The average Bonchev–Trinajstić information content (AvgIpc) is 3.03. The zero-order valence-corrected chi connectivity index (χ0v) is 17.4. The molecule has 2 amide bonds. The first-order valence-electron chi connectivity index (χ1n) is 9.66. The number of ether oxygens (including phenoxy) is 1. The van der Waals surface area contributed by atoms with Gasteiger partial charge in [0, 0.05) is 0 Å². The third-order valence-electron chi connectivity index (χ3n) is 4.76. The molecule has 0 atom stereocenters. The van der Waals surface area contributed by atoms with Gasteiger partial charge in [0.25, 0.3) is 11.1 Å². The van der Waals surface area contributed by atoms with Crippen molar-refractivity contribution in [2.45, 2.75) is 20.1 Å². The van der Waals surface area contributed by atoms with Crippen LogP contribution in [0.1, 0.15) is 22.3 Å². The third kappa shape index (κ3) is 4.81. The first kappa shape index (κ1) is 20.0. The van der Waals surface area contributed by atoms with Gasteiger partial charge in [0.1, 0.15) is 12.4 Å². The molecular weight excluding hydrogens is 394 g/mol. The Hall–Kier alpha value is -3.31. The standard InChI is InChI=1S/C25H21NO3S/c1-18-7-9-20(10-8-18)16-26-24(27)23(30-25(26)28)15-19-11-13-22(14-12-19)29-17-21-5-3-2-4-6-21/h2-15H,16-17H2,1H3/b23-15-. The topological polar surface area (TPSA) is 46.6 Å². The van der Waals surface area contributed by atoms with E-state index in [9.17, 15) is 9.59 Å². The Kier molecular flexibility index (Phi) is 6.00. The summed E-state index contributed by atoms with van der Waals surface area (Å²) in [5.74, 6) is 0.499. The zero-order chi connectivity index (χ0) is 20.9. The van der Waals surface area contributed by atoms with Gasteiger partial charge in [-0.15, -0.1) is 0 Å². The number of imide groups is 1. The fraction of sp³-hybridized carbons (Fsp3) is 0.120. The molecule has 0 aliphatic carbocycles. The molecule has 0 N–H and O–H groups in total. The number of amides is 2. The van der Waals surface area contributed by atoms with E-state index in [4.69, 9.17) is 4.74 Å². The second kappa shape index (κ2) is 9.01. The molecule has 1 heterocycles. The maximum atomic E-state index is 12.7. The van der Waals surface area contributed by atoms with Gasteiger partial charge in [-0.1, -0.05) is 72.3 Å². The predicted molar refractivity (Wildman–Crippen MR) is 120 cm³/mol. The van der Waals surface area contributed by atoms with Crippen molar-refractivity contribution >= 4 is 29.0 Å². The van der Waals surface area contributed by atoms with Crippen LogP contribution in [0.3, 0.4) is 0 Å². The molecule has 1 aliphatic rings. The summed E-state index contributed by atoms with van der Waals surface area (Å²) in [7, 11) is 0. The van der Waals surface area contributed by atoms with Gasteiger partial charge in [0.2, 0.25) is 0 Å². The summed E-state index contributed by atoms with van der Waals surface area (Å²) in [6.45, 7) is 2.79. The Labute approximate surface area is 180 Å². The number of thioether (sulfide) groups is 1. The van der Waals surface area contributed by atoms with Crippen LogP contribution in [0.2, 0.25) is 0 Å². The number of rotatable bonds is 6. The van der Waals surface area contributed by atoms with Crippen LogP contribution in [0.15, 0.2) is 83.8 Å². The number of aryl methyl sites for hydroxylation is 1. The van der Waals surface area contributed by atoms with E-state index >= 15 is 0 Å². The van der Waals surface area contributed by atoms with Crippen LogP contribution in [0, 0.1) is 6.92 Å². The number of carbonyl (C=O) groups is 2. The average molecular weight is 416 g/mol. The van der Waals surface area contributed by atoms with Crippen LogP contribution in [0.4, 0.5) is 4.79 Å². The molecule has 1 fully saturated rings. The fourth-order valence-corrected chi connectivity index (χ4v) is 3.90. The molecular formula is C25H21NO3S. The number of hydrogen-bond donors (Lipinski definition) is 0. The van der Waals surface area contributed by atoms with E-state index in [1.165, 1.54) is 4.90 Å². The normalized spacial score (nSPS) is 15.1. The molecule has 150 valence electrons. The van der Waals surface area contributed by atoms with Gasteiger partial charge in [-0.2, -0.15) is 0 Å². The van der Waals surface area contributed by atoms with E-state index < -0.39 is 0 Å². The summed E-state index contributed by atoms with van der Waals surface area (Å²) in [6.07, 6.45) is 1.75. The van der Waals surface area contributed by atoms with Crippen molar-refractivity contribution in [3.05, 3.63) is 106 Å². The predicted octanol–water partition coefficient (Wildman–Crippen LogP) is 5.81. The summed E-state index contributed by atoms with van der Waals surface area (Å²) in [5, 5.41) is -0.241. The zero-order valence-electron chi connectivity index (χ0n) is 16.6. The van der Waals surface area contributed by atoms with Crippen LogP contribution < -0.4 is 4.74 Å². The molecule has 5 heteroatoms. The highest BCUT2D eigenvalue weighted by atomic mass is 32.2. The highest BCUT2D eigenvalue weighted by Gasteiger charge is 2.34. The molecule has 4 rings (SSSR count). The maximum absolute atomic E-state index is 12.7. The van der Waals surface area contributed by atoms with E-state index in [1.807, 2.05) is 85.8 Å². The minimum absolute atomic E-state index is 0.241. The van der Waals surface area contributed by atoms with Gasteiger partial charge in [0.15, 0.2) is 0 Å². The lowest BCUT2D eigenvalue weighted by atomic mass is 10.1. The van der Waals surface area contributed by atoms with Gasteiger partial charge in [0.05, 0.1) is 11.4 Å². The van der Waals surface area contributed by atoms with Gasteiger partial charge in [-0.05, 0) is 53.6 Å². The second-order valence-corrected chi connectivity index (χ2v) is 8.09. The first-order valence-corrected chi connectivity index (χ1v) is 10.5. The highest BCUT2D eigenvalue weighted by molar-refractivity contribution is 8.18. The first-order chi connectivity index (χ1) is 14.6. The summed E-state index contributed by atoms with van der Waals surface area (Å²) in [4.78, 5) is 26.8. The third-order valence-corrected chi connectivity index (χ3v) is 5.67. The monoisotopic (exact) mass is 415 g/mol. The molecule has 1 saturated heterocycles. The van der Waals surface area contributed by atoms with E-state index in [0.29, 0.717) is 11.5 Å². The molecule has 30 heavy (non-hydrogen) atoms. The van der Waals surface area contributed by atoms with Crippen LogP contribution in [-0.2, 0) is 17.9 Å². The molecule has 0 radical (unpaired) electrons. The molecule has 0 unspecified atom stereocenters. The molecule has 0 aromatic heterocycles. The van der Waals surface area contributed by atoms with E-state index in [0.717, 1.165) is 39.8 Å². The van der Waals surface area contributed by atoms with Crippen molar-refractivity contribution < 1.29 is 14.3 Å². The van der Waals surface area contributed by atoms with Crippen LogP contribution in [-0.4, -0.2) is 16.0 Å².